The van der Waals surface area contributed by atoms with Crippen molar-refractivity contribution in [2.24, 2.45) is 0 Å². The fourth-order valence-corrected chi connectivity index (χ4v) is 1.52. The van der Waals surface area contributed by atoms with Gasteiger partial charge < -0.3 is 10.2 Å². The molecule has 1 aromatic rings. The van der Waals surface area contributed by atoms with Crippen molar-refractivity contribution in [1.82, 2.24) is 0 Å². The average molecular weight is 244 g/mol. The molecule has 0 aliphatic carbocycles. The zero-order chi connectivity index (χ0) is 12.3. The minimum atomic E-state index is -1.17. The topological polar surface area (TPSA) is 57.5 Å². The molecule has 0 radical (unpaired) electrons. The monoisotopic (exact) mass is 244 g/mol. The van der Waals surface area contributed by atoms with E-state index in [0.717, 1.165) is 6.07 Å². The van der Waals surface area contributed by atoms with Gasteiger partial charge in [0.2, 0.25) is 0 Å². The average Bonchev–Trinajstić information content (AvgIpc) is 2.27. The van der Waals surface area contributed by atoms with Gasteiger partial charge in [-0.3, -0.25) is 4.79 Å². The molecule has 0 spiro atoms. The van der Waals surface area contributed by atoms with Crippen LogP contribution in [-0.4, -0.2) is 27.9 Å². The molecule has 0 heterocycles. The Kier molecular flexibility index (Phi) is 4.46. The number of hydrogen-bond donors (Lipinski definition) is 3. The maximum atomic E-state index is 13.2. The van der Waals surface area contributed by atoms with Crippen molar-refractivity contribution in [3.63, 3.8) is 0 Å². The summed E-state index contributed by atoms with van der Waals surface area (Å²) in [7, 11) is 0. The summed E-state index contributed by atoms with van der Waals surface area (Å²) in [6.45, 7) is 1.24. The number of thiol groups is 1. The zero-order valence-corrected chi connectivity index (χ0v) is 9.62. The van der Waals surface area contributed by atoms with Crippen molar-refractivity contribution in [2.75, 3.05) is 5.75 Å². The lowest BCUT2D eigenvalue weighted by Crippen LogP contribution is -2.20. The van der Waals surface area contributed by atoms with E-state index in [-0.39, 0.29) is 11.3 Å². The number of aliphatic hydroxyl groups excluding tert-OH is 2. The van der Waals surface area contributed by atoms with Crippen molar-refractivity contribution in [3.8, 4) is 0 Å². The minimum Gasteiger partial charge on any atom is -0.389 e. The number of halogens is 1. The molecule has 1 rings (SSSR count). The van der Waals surface area contributed by atoms with Gasteiger partial charge >= 0.3 is 0 Å². The molecule has 0 saturated heterocycles. The van der Waals surface area contributed by atoms with Crippen molar-refractivity contribution in [3.05, 3.63) is 35.1 Å². The normalized spacial score (nSPS) is 14.6. The molecule has 0 bridgehead atoms. The highest BCUT2D eigenvalue weighted by molar-refractivity contribution is 7.80. The number of aliphatic hydroxyl groups is 2. The van der Waals surface area contributed by atoms with Gasteiger partial charge in [-0.1, -0.05) is 6.07 Å². The van der Waals surface area contributed by atoms with Crippen LogP contribution < -0.4 is 0 Å². The number of benzene rings is 1. The lowest BCUT2D eigenvalue weighted by Gasteiger charge is -2.16. The van der Waals surface area contributed by atoms with E-state index in [0.29, 0.717) is 5.56 Å². The van der Waals surface area contributed by atoms with Gasteiger partial charge in [0.1, 0.15) is 11.9 Å². The van der Waals surface area contributed by atoms with Crippen molar-refractivity contribution in [1.29, 1.82) is 0 Å². The van der Waals surface area contributed by atoms with E-state index in [2.05, 4.69) is 12.6 Å². The van der Waals surface area contributed by atoms with Gasteiger partial charge in [0.25, 0.3) is 0 Å². The fraction of sp³-hybridized carbons (Fsp3) is 0.364. The Morgan fingerprint density at radius 3 is 2.62 bits per heavy atom. The molecule has 2 N–H and O–H groups in total. The summed E-state index contributed by atoms with van der Waals surface area (Å²) in [6.07, 6.45) is -2.22. The van der Waals surface area contributed by atoms with E-state index in [1.807, 2.05) is 0 Å². The third-order valence-corrected chi connectivity index (χ3v) is 2.64. The van der Waals surface area contributed by atoms with Crippen molar-refractivity contribution < 1.29 is 19.4 Å². The van der Waals surface area contributed by atoms with E-state index < -0.39 is 23.8 Å². The largest absolute Gasteiger partial charge is 0.389 e. The standard InChI is InChI=1S/C11H13FO3S/c1-6(13)8-4-7(2-3-9(8)12)11(15)10(14)5-16/h2-4,10-11,14-16H,5H2,1H3. The molecule has 0 saturated carbocycles. The fourth-order valence-electron chi connectivity index (χ4n) is 1.32. The summed E-state index contributed by atoms with van der Waals surface area (Å²) in [5.74, 6) is -0.982. The molecule has 1 aromatic carbocycles. The van der Waals surface area contributed by atoms with Crippen LogP contribution in [0.1, 0.15) is 28.9 Å². The summed E-state index contributed by atoms with van der Waals surface area (Å²) in [6, 6.07) is 3.68. The maximum absolute atomic E-state index is 13.2. The van der Waals surface area contributed by atoms with Crippen LogP contribution in [0.15, 0.2) is 18.2 Å². The van der Waals surface area contributed by atoms with Crippen LogP contribution >= 0.6 is 12.6 Å². The Bertz CT molecular complexity index is 395. The molecule has 88 valence electrons. The Labute approximate surface area is 98.3 Å². The Morgan fingerprint density at radius 2 is 2.12 bits per heavy atom. The van der Waals surface area contributed by atoms with E-state index in [1.165, 1.54) is 19.1 Å². The molecule has 0 aromatic heterocycles. The van der Waals surface area contributed by atoms with Gasteiger partial charge in [0.05, 0.1) is 11.7 Å². The second-order valence-corrected chi connectivity index (χ2v) is 3.86. The molecule has 0 amide bonds. The Hall–Kier alpha value is -0.910. The van der Waals surface area contributed by atoms with Gasteiger partial charge in [-0.2, -0.15) is 12.6 Å². The maximum Gasteiger partial charge on any atom is 0.162 e. The first-order chi connectivity index (χ1) is 7.47. The Morgan fingerprint density at radius 1 is 1.50 bits per heavy atom. The van der Waals surface area contributed by atoms with Crippen LogP contribution in [0.5, 0.6) is 0 Å². The third-order valence-electron chi connectivity index (χ3n) is 2.26. The molecule has 0 fully saturated rings. The van der Waals surface area contributed by atoms with Crippen molar-refractivity contribution >= 4 is 18.4 Å². The summed E-state index contributed by atoms with van der Waals surface area (Å²) in [4.78, 5) is 11.1. The summed E-state index contributed by atoms with van der Waals surface area (Å²) in [5.41, 5.74) is 0.205. The highest BCUT2D eigenvalue weighted by atomic mass is 32.1. The molecule has 0 aliphatic heterocycles. The number of carbonyl (C=O) groups excluding carboxylic acids is 1. The van der Waals surface area contributed by atoms with Crippen LogP contribution in [0.3, 0.4) is 0 Å². The van der Waals surface area contributed by atoms with Gasteiger partial charge in [-0.25, -0.2) is 4.39 Å². The first kappa shape index (κ1) is 13.2. The number of Topliss-reactive ketones (excluding diaryl/α,β-unsaturated/α-hetero) is 1. The Balaban J connectivity index is 3.07. The highest BCUT2D eigenvalue weighted by Gasteiger charge is 2.19. The van der Waals surface area contributed by atoms with E-state index in [9.17, 15) is 19.4 Å². The quantitative estimate of drug-likeness (QED) is 0.553. The minimum absolute atomic E-state index is 0.0773. The lowest BCUT2D eigenvalue weighted by molar-refractivity contribution is 0.0336. The predicted molar refractivity (Wildman–Crippen MR) is 61.2 cm³/mol. The first-order valence-corrected chi connectivity index (χ1v) is 5.38. The molecule has 16 heavy (non-hydrogen) atoms. The second kappa shape index (κ2) is 5.43. The molecular formula is C11H13FO3S. The van der Waals surface area contributed by atoms with Crippen LogP contribution in [0, 0.1) is 5.82 Å². The molecule has 3 nitrogen and oxygen atoms in total. The van der Waals surface area contributed by atoms with Gasteiger partial charge in [-0.05, 0) is 24.6 Å². The molecule has 5 heteroatoms. The van der Waals surface area contributed by atoms with E-state index in [4.69, 9.17) is 0 Å². The van der Waals surface area contributed by atoms with Gasteiger partial charge in [-0.15, -0.1) is 0 Å². The molecule has 2 unspecified atom stereocenters. The first-order valence-electron chi connectivity index (χ1n) is 4.74. The van der Waals surface area contributed by atoms with Crippen molar-refractivity contribution in [2.45, 2.75) is 19.1 Å². The number of carbonyl (C=O) groups is 1. The summed E-state index contributed by atoms with van der Waals surface area (Å²) < 4.78 is 13.2. The van der Waals surface area contributed by atoms with Gasteiger partial charge in [0, 0.05) is 5.75 Å². The predicted octanol–water partition coefficient (Wildman–Crippen LogP) is 1.35. The highest BCUT2D eigenvalue weighted by Crippen LogP contribution is 2.21. The lowest BCUT2D eigenvalue weighted by atomic mass is 10.0. The molecular weight excluding hydrogens is 231 g/mol. The van der Waals surface area contributed by atoms with Crippen LogP contribution in [0.25, 0.3) is 0 Å². The SMILES string of the molecule is CC(=O)c1cc(C(O)C(O)CS)ccc1F. The third kappa shape index (κ3) is 2.81. The van der Waals surface area contributed by atoms with E-state index >= 15 is 0 Å². The smallest absolute Gasteiger partial charge is 0.162 e. The number of ketones is 1. The number of hydrogen-bond acceptors (Lipinski definition) is 4. The van der Waals surface area contributed by atoms with Crippen LogP contribution in [-0.2, 0) is 0 Å². The second-order valence-electron chi connectivity index (χ2n) is 3.49. The summed E-state index contributed by atoms with van der Waals surface area (Å²) >= 11 is 3.84. The van der Waals surface area contributed by atoms with E-state index in [1.54, 1.807) is 0 Å². The zero-order valence-electron chi connectivity index (χ0n) is 8.72. The molecule has 0 aliphatic rings. The molecule has 2 atom stereocenters. The van der Waals surface area contributed by atoms with Gasteiger partial charge in [0.15, 0.2) is 5.78 Å². The number of rotatable bonds is 4. The van der Waals surface area contributed by atoms with Crippen LogP contribution in [0.4, 0.5) is 4.39 Å². The summed E-state index contributed by atoms with van der Waals surface area (Å²) in [5, 5.41) is 19.0. The van der Waals surface area contributed by atoms with Crippen LogP contribution in [0.2, 0.25) is 0 Å².